The molecule has 0 amide bonds. The first-order chi connectivity index (χ1) is 7.81. The fourth-order valence-corrected chi connectivity index (χ4v) is 2.51. The Hall–Kier alpha value is -0.980. The quantitative estimate of drug-likeness (QED) is 0.606. The molecule has 1 rings (SSSR count). The summed E-state index contributed by atoms with van der Waals surface area (Å²) >= 11 is 1.78. The highest BCUT2D eigenvalue weighted by Gasteiger charge is 2.03. The largest absolute Gasteiger partial charge is 0.316 e. The van der Waals surface area contributed by atoms with Gasteiger partial charge in [-0.3, -0.25) is 0 Å². The zero-order valence-electron chi connectivity index (χ0n) is 9.92. The van der Waals surface area contributed by atoms with Crippen LogP contribution in [0.25, 0.3) is 0 Å². The van der Waals surface area contributed by atoms with Gasteiger partial charge in [0.1, 0.15) is 6.07 Å². The molecule has 1 N–H and O–H groups in total. The van der Waals surface area contributed by atoms with Gasteiger partial charge in [-0.2, -0.15) is 5.26 Å². The summed E-state index contributed by atoms with van der Waals surface area (Å²) in [6.07, 6.45) is 2.40. The summed E-state index contributed by atoms with van der Waals surface area (Å²) in [6.45, 7) is 3.00. The van der Waals surface area contributed by atoms with Crippen molar-refractivity contribution in [1.29, 1.82) is 5.26 Å². The lowest BCUT2D eigenvalue weighted by Gasteiger charge is -2.06. The molecule has 0 radical (unpaired) electrons. The molecule has 0 aliphatic carbocycles. The molecule has 0 saturated heterocycles. The Kier molecular flexibility index (Phi) is 5.99. The van der Waals surface area contributed by atoms with Crippen LogP contribution in [0.5, 0.6) is 0 Å². The van der Waals surface area contributed by atoms with Gasteiger partial charge in [-0.05, 0) is 36.9 Å². The van der Waals surface area contributed by atoms with Crippen molar-refractivity contribution in [2.75, 3.05) is 12.8 Å². The van der Waals surface area contributed by atoms with Gasteiger partial charge < -0.3 is 5.32 Å². The van der Waals surface area contributed by atoms with Crippen molar-refractivity contribution in [1.82, 2.24) is 5.32 Å². The van der Waals surface area contributed by atoms with E-state index in [-0.39, 0.29) is 0 Å². The van der Waals surface area contributed by atoms with Crippen LogP contribution in [0.2, 0.25) is 0 Å². The van der Waals surface area contributed by atoms with Crippen LogP contribution in [0, 0.1) is 11.3 Å². The minimum absolute atomic E-state index is 0.800. The summed E-state index contributed by atoms with van der Waals surface area (Å²) < 4.78 is 0. The molecule has 0 saturated carbocycles. The third-order valence-corrected chi connectivity index (χ3v) is 3.46. The number of rotatable bonds is 6. The number of thioether (sulfide) groups is 1. The molecule has 0 bridgehead atoms. The van der Waals surface area contributed by atoms with Crippen molar-refractivity contribution < 1.29 is 0 Å². The molecule has 0 heterocycles. The molecule has 0 aliphatic rings. The Morgan fingerprint density at radius 2 is 2.25 bits per heavy atom. The summed E-state index contributed by atoms with van der Waals surface area (Å²) in [7, 11) is 1.91. The topological polar surface area (TPSA) is 35.8 Å². The first-order valence-corrected chi connectivity index (χ1v) is 6.60. The SMILES string of the molecule is CCCCSc1ccc(CNC)cc1C#N. The van der Waals surface area contributed by atoms with Crippen molar-refractivity contribution in [2.45, 2.75) is 31.2 Å². The molecule has 0 aliphatic heterocycles. The van der Waals surface area contributed by atoms with Crippen LogP contribution in [0.3, 0.4) is 0 Å². The number of nitriles is 1. The monoisotopic (exact) mass is 234 g/mol. The van der Waals surface area contributed by atoms with Crippen molar-refractivity contribution in [3.8, 4) is 6.07 Å². The maximum atomic E-state index is 9.08. The van der Waals surface area contributed by atoms with E-state index in [1.54, 1.807) is 11.8 Å². The normalized spacial score (nSPS) is 10.1. The van der Waals surface area contributed by atoms with Crippen LogP contribution in [0.4, 0.5) is 0 Å². The molecule has 2 nitrogen and oxygen atoms in total. The van der Waals surface area contributed by atoms with Crippen molar-refractivity contribution in [3.63, 3.8) is 0 Å². The maximum absolute atomic E-state index is 9.08. The van der Waals surface area contributed by atoms with Gasteiger partial charge in [0.2, 0.25) is 0 Å². The van der Waals surface area contributed by atoms with Crippen LogP contribution in [0.1, 0.15) is 30.9 Å². The minimum Gasteiger partial charge on any atom is -0.316 e. The average molecular weight is 234 g/mol. The average Bonchev–Trinajstić information content (AvgIpc) is 2.31. The molecule has 0 spiro atoms. The van der Waals surface area contributed by atoms with Gasteiger partial charge in [0.25, 0.3) is 0 Å². The molecule has 0 atom stereocenters. The van der Waals surface area contributed by atoms with Gasteiger partial charge in [0.15, 0.2) is 0 Å². The third-order valence-electron chi connectivity index (χ3n) is 2.30. The lowest BCUT2D eigenvalue weighted by atomic mass is 10.1. The second kappa shape index (κ2) is 7.32. The smallest absolute Gasteiger partial charge is 0.100 e. The van der Waals surface area contributed by atoms with Gasteiger partial charge in [0.05, 0.1) is 5.56 Å². The van der Waals surface area contributed by atoms with Gasteiger partial charge in [-0.15, -0.1) is 11.8 Å². The van der Waals surface area contributed by atoms with Gasteiger partial charge in [-0.1, -0.05) is 19.4 Å². The molecule has 86 valence electrons. The van der Waals surface area contributed by atoms with Gasteiger partial charge in [0, 0.05) is 11.4 Å². The van der Waals surface area contributed by atoms with E-state index in [1.165, 1.54) is 18.4 Å². The second-order valence-corrected chi connectivity index (χ2v) is 4.81. The Bertz CT molecular complexity index is 369. The van der Waals surface area contributed by atoms with E-state index >= 15 is 0 Å². The first-order valence-electron chi connectivity index (χ1n) is 5.62. The standard InChI is InChI=1S/C13H18N2S/c1-3-4-7-16-13-6-5-11(10-15-2)8-12(13)9-14/h5-6,8,15H,3-4,7,10H2,1-2H3. The highest BCUT2D eigenvalue weighted by Crippen LogP contribution is 2.24. The molecular formula is C13H18N2S. The predicted molar refractivity (Wildman–Crippen MR) is 69.6 cm³/mol. The molecule has 1 aromatic rings. The summed E-state index contributed by atoms with van der Waals surface area (Å²) in [5, 5.41) is 12.2. The van der Waals surface area contributed by atoms with Crippen molar-refractivity contribution in [2.24, 2.45) is 0 Å². The summed E-state index contributed by atoms with van der Waals surface area (Å²) in [4.78, 5) is 1.11. The van der Waals surface area contributed by atoms with Crippen molar-refractivity contribution in [3.05, 3.63) is 29.3 Å². The van der Waals surface area contributed by atoms with Crippen LogP contribution >= 0.6 is 11.8 Å². The van der Waals surface area contributed by atoms with Crippen LogP contribution in [-0.4, -0.2) is 12.8 Å². The predicted octanol–water partition coefficient (Wildman–Crippen LogP) is 3.17. The number of unbranched alkanes of at least 4 members (excludes halogenated alkanes) is 1. The summed E-state index contributed by atoms with van der Waals surface area (Å²) in [5.41, 5.74) is 1.97. The van der Waals surface area contributed by atoms with Crippen molar-refractivity contribution >= 4 is 11.8 Å². The number of nitrogens with zero attached hydrogens (tertiary/aromatic N) is 1. The van der Waals surface area contributed by atoms with E-state index in [4.69, 9.17) is 5.26 Å². The Morgan fingerprint density at radius 1 is 1.44 bits per heavy atom. The highest BCUT2D eigenvalue weighted by atomic mass is 32.2. The van der Waals surface area contributed by atoms with E-state index in [0.29, 0.717) is 0 Å². The Morgan fingerprint density at radius 3 is 2.88 bits per heavy atom. The number of nitrogens with one attached hydrogen (secondary N) is 1. The summed E-state index contributed by atoms with van der Waals surface area (Å²) in [5.74, 6) is 1.09. The van der Waals surface area contributed by atoms with E-state index in [9.17, 15) is 0 Å². The first kappa shape index (κ1) is 13.1. The Labute approximate surface area is 102 Å². The molecule has 3 heteroatoms. The fraction of sp³-hybridized carbons (Fsp3) is 0.462. The van der Waals surface area contributed by atoms with Crippen LogP contribution < -0.4 is 5.32 Å². The van der Waals surface area contributed by atoms with Gasteiger partial charge in [-0.25, -0.2) is 0 Å². The summed E-state index contributed by atoms with van der Waals surface area (Å²) in [6, 6.07) is 8.40. The molecule has 16 heavy (non-hydrogen) atoms. The number of benzene rings is 1. The molecule has 0 aromatic heterocycles. The van der Waals surface area contributed by atoms with Crippen LogP contribution in [0.15, 0.2) is 23.1 Å². The van der Waals surface area contributed by atoms with Crippen LogP contribution in [-0.2, 0) is 6.54 Å². The lowest BCUT2D eigenvalue weighted by Crippen LogP contribution is -2.05. The zero-order chi connectivity index (χ0) is 11.8. The fourth-order valence-electron chi connectivity index (χ4n) is 1.43. The maximum Gasteiger partial charge on any atom is 0.100 e. The number of hydrogen-bond acceptors (Lipinski definition) is 3. The minimum atomic E-state index is 0.800. The van der Waals surface area contributed by atoms with E-state index in [0.717, 1.165) is 22.8 Å². The van der Waals surface area contributed by atoms with E-state index in [2.05, 4.69) is 30.4 Å². The van der Waals surface area contributed by atoms with E-state index < -0.39 is 0 Å². The highest BCUT2D eigenvalue weighted by molar-refractivity contribution is 7.99. The lowest BCUT2D eigenvalue weighted by molar-refractivity contribution is 0.816. The Balaban J connectivity index is 2.73. The van der Waals surface area contributed by atoms with Gasteiger partial charge >= 0.3 is 0 Å². The van der Waals surface area contributed by atoms with E-state index in [1.807, 2.05) is 13.1 Å². The molecular weight excluding hydrogens is 216 g/mol. The third kappa shape index (κ3) is 3.88. The molecule has 0 fully saturated rings. The molecule has 0 unspecified atom stereocenters. The second-order valence-electron chi connectivity index (χ2n) is 3.67. The molecule has 1 aromatic carbocycles. The zero-order valence-corrected chi connectivity index (χ0v) is 10.7. The number of hydrogen-bond donors (Lipinski definition) is 1.